The fourth-order valence-electron chi connectivity index (χ4n) is 2.55. The lowest BCUT2D eigenvalue weighted by molar-refractivity contribution is -0.0000102. The number of nitrogens with zero attached hydrogens (tertiary/aromatic N) is 1. The number of likely N-dealkylation sites (tertiary alicyclic amines) is 1. The van der Waals surface area contributed by atoms with Crippen LogP contribution in [-0.2, 0) is 0 Å². The van der Waals surface area contributed by atoms with Crippen LogP contribution in [-0.4, -0.2) is 53.6 Å². The molecule has 1 aromatic rings. The standard InChI is InChI=1S/C15H22ClNO3.ClH/c16-12-4-6-15(7-5-12)20-11-14(19)9-17-8-2-1-3-13(17)10-18;/h4-7,13-14,18-19H,1-3,8-11H2;1H/p-1. The van der Waals surface area contributed by atoms with Gasteiger partial charge in [-0.15, -0.1) is 0 Å². The fraction of sp³-hybridized carbons (Fsp3) is 0.600. The summed E-state index contributed by atoms with van der Waals surface area (Å²) < 4.78 is 5.54. The van der Waals surface area contributed by atoms with Crippen LogP contribution in [0.2, 0.25) is 5.02 Å². The minimum Gasteiger partial charge on any atom is -1.00 e. The molecule has 0 aliphatic carbocycles. The highest BCUT2D eigenvalue weighted by molar-refractivity contribution is 6.30. The van der Waals surface area contributed by atoms with E-state index in [0.29, 0.717) is 17.3 Å². The lowest BCUT2D eigenvalue weighted by Gasteiger charge is -2.35. The lowest BCUT2D eigenvalue weighted by Crippen LogP contribution is -3.00. The van der Waals surface area contributed by atoms with Crippen LogP contribution in [0, 0.1) is 0 Å². The summed E-state index contributed by atoms with van der Waals surface area (Å²) in [4.78, 5) is 2.15. The maximum atomic E-state index is 10.1. The molecular weight excluding hydrogens is 313 g/mol. The van der Waals surface area contributed by atoms with Crippen LogP contribution in [0.25, 0.3) is 0 Å². The van der Waals surface area contributed by atoms with Gasteiger partial charge in [-0.3, -0.25) is 4.90 Å². The van der Waals surface area contributed by atoms with Gasteiger partial charge in [0.05, 0.1) is 6.61 Å². The number of piperidine rings is 1. The molecule has 0 aromatic heterocycles. The third kappa shape index (κ3) is 6.01. The van der Waals surface area contributed by atoms with Crippen LogP contribution in [0.5, 0.6) is 5.75 Å². The minimum atomic E-state index is -0.558. The molecule has 2 atom stereocenters. The van der Waals surface area contributed by atoms with Crippen molar-refractivity contribution in [1.29, 1.82) is 0 Å². The topological polar surface area (TPSA) is 52.9 Å². The first-order chi connectivity index (χ1) is 9.69. The average Bonchev–Trinajstić information content (AvgIpc) is 2.47. The highest BCUT2D eigenvalue weighted by atomic mass is 35.5. The Morgan fingerprint density at radius 1 is 1.29 bits per heavy atom. The summed E-state index contributed by atoms with van der Waals surface area (Å²) in [7, 11) is 0. The molecule has 6 heteroatoms. The Labute approximate surface area is 137 Å². The van der Waals surface area contributed by atoms with Gasteiger partial charge in [-0.05, 0) is 43.7 Å². The molecule has 2 N–H and O–H groups in total. The van der Waals surface area contributed by atoms with Crippen LogP contribution in [0.1, 0.15) is 19.3 Å². The summed E-state index contributed by atoms with van der Waals surface area (Å²) in [6.45, 7) is 1.88. The molecule has 120 valence electrons. The molecule has 2 rings (SSSR count). The molecule has 21 heavy (non-hydrogen) atoms. The second kappa shape index (κ2) is 9.49. The van der Waals surface area contributed by atoms with Gasteiger partial charge in [0.1, 0.15) is 18.5 Å². The molecule has 1 fully saturated rings. The first-order valence-electron chi connectivity index (χ1n) is 7.10. The van der Waals surface area contributed by atoms with E-state index < -0.39 is 6.10 Å². The third-order valence-corrected chi connectivity index (χ3v) is 3.91. The highest BCUT2D eigenvalue weighted by Gasteiger charge is 2.23. The van der Waals surface area contributed by atoms with Crippen molar-refractivity contribution < 1.29 is 27.4 Å². The summed E-state index contributed by atoms with van der Waals surface area (Å²) in [5, 5.41) is 20.1. The van der Waals surface area contributed by atoms with Crippen molar-refractivity contribution in [3.05, 3.63) is 29.3 Å². The molecule has 4 nitrogen and oxygen atoms in total. The van der Waals surface area contributed by atoms with Crippen molar-refractivity contribution in [3.63, 3.8) is 0 Å². The van der Waals surface area contributed by atoms with Crippen molar-refractivity contribution in [2.45, 2.75) is 31.4 Å². The van der Waals surface area contributed by atoms with Gasteiger partial charge in [0.25, 0.3) is 0 Å². The molecule has 1 saturated heterocycles. The zero-order valence-corrected chi connectivity index (χ0v) is 13.4. The Morgan fingerprint density at radius 3 is 2.67 bits per heavy atom. The zero-order valence-electron chi connectivity index (χ0n) is 11.9. The van der Waals surface area contributed by atoms with Gasteiger partial charge in [-0.1, -0.05) is 18.0 Å². The first kappa shape index (κ1) is 18.5. The molecule has 0 bridgehead atoms. The first-order valence-corrected chi connectivity index (χ1v) is 7.48. The van der Waals surface area contributed by atoms with Gasteiger partial charge in [0, 0.05) is 17.6 Å². The molecule has 2 unspecified atom stereocenters. The minimum absolute atomic E-state index is 0. The molecular formula is C15H22Cl2NO3-. The van der Waals surface area contributed by atoms with Gasteiger partial charge in [-0.25, -0.2) is 0 Å². The van der Waals surface area contributed by atoms with E-state index in [9.17, 15) is 10.2 Å². The smallest absolute Gasteiger partial charge is 0.119 e. The molecule has 0 spiro atoms. The highest BCUT2D eigenvalue weighted by Crippen LogP contribution is 2.18. The predicted molar refractivity (Wildman–Crippen MR) is 79.3 cm³/mol. The van der Waals surface area contributed by atoms with Crippen molar-refractivity contribution in [1.82, 2.24) is 4.90 Å². The van der Waals surface area contributed by atoms with Gasteiger partial charge in [0.2, 0.25) is 0 Å². The Balaban J connectivity index is 0.00000220. The largest absolute Gasteiger partial charge is 1.00 e. The van der Waals surface area contributed by atoms with E-state index in [1.165, 1.54) is 0 Å². The number of benzene rings is 1. The molecule has 1 aliphatic rings. The number of aliphatic hydroxyl groups excluding tert-OH is 2. The van der Waals surface area contributed by atoms with Crippen molar-refractivity contribution >= 4 is 11.6 Å². The maximum Gasteiger partial charge on any atom is 0.119 e. The van der Waals surface area contributed by atoms with Gasteiger partial charge in [0.15, 0.2) is 0 Å². The number of hydrogen-bond donors (Lipinski definition) is 2. The van der Waals surface area contributed by atoms with E-state index >= 15 is 0 Å². The third-order valence-electron chi connectivity index (χ3n) is 3.66. The number of β-amino-alcohol motifs (C(OH)–C–C–N with tert-alkyl or cyclic N) is 1. The molecule has 0 radical (unpaired) electrons. The molecule has 1 heterocycles. The summed E-state index contributed by atoms with van der Waals surface area (Å²) in [5.41, 5.74) is 0. The lowest BCUT2D eigenvalue weighted by atomic mass is 10.0. The maximum absolute atomic E-state index is 10.1. The molecule has 0 amide bonds. The Morgan fingerprint density at radius 2 is 2.00 bits per heavy atom. The van der Waals surface area contributed by atoms with Crippen LogP contribution in [0.3, 0.4) is 0 Å². The number of aliphatic hydroxyl groups is 2. The van der Waals surface area contributed by atoms with Crippen molar-refractivity contribution in [2.24, 2.45) is 0 Å². The number of rotatable bonds is 6. The molecule has 1 aliphatic heterocycles. The SMILES string of the molecule is OCC1CCCCN1CC(O)COc1ccc(Cl)cc1.[Cl-]. The quantitative estimate of drug-likeness (QED) is 0.695. The van der Waals surface area contributed by atoms with E-state index in [4.69, 9.17) is 16.3 Å². The van der Waals surface area contributed by atoms with Crippen molar-refractivity contribution in [2.75, 3.05) is 26.3 Å². The number of ether oxygens (including phenoxy) is 1. The van der Waals surface area contributed by atoms with Crippen LogP contribution < -0.4 is 17.1 Å². The predicted octanol–water partition coefficient (Wildman–Crippen LogP) is -1.07. The monoisotopic (exact) mass is 334 g/mol. The van der Waals surface area contributed by atoms with E-state index in [0.717, 1.165) is 25.8 Å². The van der Waals surface area contributed by atoms with Crippen LogP contribution in [0.4, 0.5) is 0 Å². The molecule has 1 aromatic carbocycles. The normalized spacial score (nSPS) is 20.6. The summed E-state index contributed by atoms with van der Waals surface area (Å²) in [6, 6.07) is 7.26. The van der Waals surface area contributed by atoms with E-state index in [1.54, 1.807) is 24.3 Å². The molecule has 0 saturated carbocycles. The summed E-state index contributed by atoms with van der Waals surface area (Å²) >= 11 is 5.80. The second-order valence-corrected chi connectivity index (χ2v) is 5.68. The zero-order chi connectivity index (χ0) is 14.4. The second-order valence-electron chi connectivity index (χ2n) is 5.25. The summed E-state index contributed by atoms with van der Waals surface area (Å²) in [5.74, 6) is 0.700. The number of hydrogen-bond acceptors (Lipinski definition) is 4. The van der Waals surface area contributed by atoms with E-state index in [2.05, 4.69) is 4.90 Å². The van der Waals surface area contributed by atoms with Crippen LogP contribution >= 0.6 is 11.6 Å². The van der Waals surface area contributed by atoms with Gasteiger partial charge >= 0.3 is 0 Å². The number of halogens is 2. The van der Waals surface area contributed by atoms with Gasteiger partial charge in [-0.2, -0.15) is 0 Å². The Hall–Kier alpha value is -0.520. The van der Waals surface area contributed by atoms with Crippen molar-refractivity contribution in [3.8, 4) is 5.75 Å². The fourth-order valence-corrected chi connectivity index (χ4v) is 2.68. The van der Waals surface area contributed by atoms with Gasteiger partial charge < -0.3 is 27.4 Å². The summed E-state index contributed by atoms with van der Waals surface area (Å²) in [6.07, 6.45) is 2.72. The Bertz CT molecular complexity index is 402. The average molecular weight is 335 g/mol. The van der Waals surface area contributed by atoms with E-state index in [1.807, 2.05) is 0 Å². The van der Waals surface area contributed by atoms with E-state index in [-0.39, 0.29) is 31.7 Å². The Kier molecular flexibility index (Phi) is 8.37. The van der Waals surface area contributed by atoms with Crippen LogP contribution in [0.15, 0.2) is 24.3 Å².